The van der Waals surface area contributed by atoms with Crippen LogP contribution in [0, 0.1) is 0 Å². The van der Waals surface area contributed by atoms with Gasteiger partial charge in [-0.05, 0) is 71.9 Å². The van der Waals surface area contributed by atoms with Crippen molar-refractivity contribution in [1.29, 1.82) is 0 Å². The summed E-state index contributed by atoms with van der Waals surface area (Å²) in [5, 5.41) is 10.2. The Morgan fingerprint density at radius 3 is 2.53 bits per heavy atom. The van der Waals surface area contributed by atoms with Crippen molar-refractivity contribution in [2.75, 3.05) is 18.6 Å². The zero-order valence-electron chi connectivity index (χ0n) is 19.0. The van der Waals surface area contributed by atoms with E-state index < -0.39 is 5.97 Å². The summed E-state index contributed by atoms with van der Waals surface area (Å²) in [4.78, 5) is 14.8. The summed E-state index contributed by atoms with van der Waals surface area (Å²) in [6, 6.07) is 19.1. The maximum Gasteiger partial charge on any atom is 0.328 e. The van der Waals surface area contributed by atoms with Crippen LogP contribution in [-0.2, 0) is 16.8 Å². The first-order chi connectivity index (χ1) is 15.3. The molecule has 0 saturated carbocycles. The number of benzene rings is 2. The van der Waals surface area contributed by atoms with Gasteiger partial charge in [-0.15, -0.1) is 11.3 Å². The number of carbonyl (C=O) groups is 1. The maximum atomic E-state index is 10.9. The lowest BCUT2D eigenvalue weighted by atomic mass is 9.77. The maximum absolute atomic E-state index is 10.9. The van der Waals surface area contributed by atoms with Crippen LogP contribution in [0.4, 0.5) is 5.00 Å². The van der Waals surface area contributed by atoms with Crippen LogP contribution < -0.4 is 9.64 Å². The second kappa shape index (κ2) is 8.83. The van der Waals surface area contributed by atoms with Gasteiger partial charge in [-0.2, -0.15) is 0 Å². The molecule has 1 atom stereocenters. The molecule has 0 bridgehead atoms. The zero-order chi connectivity index (χ0) is 22.9. The number of carboxylic acid groups (broad SMARTS) is 1. The van der Waals surface area contributed by atoms with E-state index in [0.717, 1.165) is 24.3 Å². The fourth-order valence-corrected chi connectivity index (χ4v) is 5.64. The van der Waals surface area contributed by atoms with E-state index in [1.165, 1.54) is 32.6 Å². The summed E-state index contributed by atoms with van der Waals surface area (Å²) in [5.74, 6) is 0.439. The molecule has 166 valence electrons. The molecule has 0 radical (unpaired) electrons. The van der Waals surface area contributed by atoms with Crippen molar-refractivity contribution in [3.63, 3.8) is 0 Å². The van der Waals surface area contributed by atoms with Gasteiger partial charge in [0.05, 0.1) is 17.6 Å². The van der Waals surface area contributed by atoms with Gasteiger partial charge in [-0.1, -0.05) is 44.2 Å². The molecule has 0 fully saturated rings. The molecule has 1 aromatic heterocycles. The van der Waals surface area contributed by atoms with Crippen molar-refractivity contribution >= 4 is 28.4 Å². The van der Waals surface area contributed by atoms with Gasteiger partial charge < -0.3 is 14.7 Å². The number of anilines is 1. The number of ether oxygens (including phenoxy) is 1. The van der Waals surface area contributed by atoms with Crippen LogP contribution in [0.2, 0.25) is 0 Å². The average molecular weight is 448 g/mol. The van der Waals surface area contributed by atoms with Gasteiger partial charge in [0.15, 0.2) is 0 Å². The molecule has 1 aliphatic rings. The van der Waals surface area contributed by atoms with Gasteiger partial charge in [0.1, 0.15) is 5.75 Å². The minimum atomic E-state index is -0.943. The topological polar surface area (TPSA) is 49.8 Å². The lowest BCUT2D eigenvalue weighted by molar-refractivity contribution is -0.131. The highest BCUT2D eigenvalue weighted by molar-refractivity contribution is 7.16. The highest BCUT2D eigenvalue weighted by atomic mass is 32.1. The predicted octanol–water partition coefficient (Wildman–Crippen LogP) is 6.30. The molecule has 2 heterocycles. The average Bonchev–Trinajstić information content (AvgIpc) is 3.28. The Hall–Kier alpha value is -3.05. The molecule has 0 saturated heterocycles. The Labute approximate surface area is 193 Å². The summed E-state index contributed by atoms with van der Waals surface area (Å²) in [6.07, 6.45) is 3.75. The Kier molecular flexibility index (Phi) is 6.11. The van der Waals surface area contributed by atoms with Crippen molar-refractivity contribution in [2.24, 2.45) is 0 Å². The molecule has 5 heteroatoms. The highest BCUT2D eigenvalue weighted by Crippen LogP contribution is 2.46. The third kappa shape index (κ3) is 4.05. The van der Waals surface area contributed by atoms with Crippen molar-refractivity contribution < 1.29 is 14.6 Å². The van der Waals surface area contributed by atoms with Gasteiger partial charge in [-0.25, -0.2) is 4.79 Å². The molecule has 1 N–H and O–H groups in total. The minimum Gasteiger partial charge on any atom is -0.497 e. The normalized spacial score (nSPS) is 18.2. The summed E-state index contributed by atoms with van der Waals surface area (Å²) >= 11 is 1.87. The quantitative estimate of drug-likeness (QED) is 0.450. The van der Waals surface area contributed by atoms with Gasteiger partial charge in [0.25, 0.3) is 0 Å². The van der Waals surface area contributed by atoms with Crippen molar-refractivity contribution in [2.45, 2.75) is 38.6 Å². The van der Waals surface area contributed by atoms with Crippen molar-refractivity contribution in [3.05, 3.63) is 87.8 Å². The third-order valence-electron chi connectivity index (χ3n) is 6.32. The molecule has 1 aliphatic heterocycles. The summed E-state index contributed by atoms with van der Waals surface area (Å²) in [5.41, 5.74) is 4.27. The molecule has 3 aromatic rings. The highest BCUT2D eigenvalue weighted by Gasteiger charge is 2.41. The van der Waals surface area contributed by atoms with E-state index in [9.17, 15) is 4.79 Å². The fourth-order valence-electron chi connectivity index (χ4n) is 4.51. The monoisotopic (exact) mass is 447 g/mol. The summed E-state index contributed by atoms with van der Waals surface area (Å²) in [6.45, 7) is 7.66. The van der Waals surface area contributed by atoms with E-state index in [1.807, 2.05) is 29.5 Å². The van der Waals surface area contributed by atoms with E-state index in [0.29, 0.717) is 5.92 Å². The Morgan fingerprint density at radius 1 is 1.16 bits per heavy atom. The van der Waals surface area contributed by atoms with E-state index in [-0.39, 0.29) is 5.54 Å². The van der Waals surface area contributed by atoms with Crippen LogP contribution in [0.3, 0.4) is 0 Å². The second-order valence-corrected chi connectivity index (χ2v) is 9.72. The van der Waals surface area contributed by atoms with E-state index in [2.05, 4.69) is 62.1 Å². The minimum absolute atomic E-state index is 0.353. The number of aliphatic carboxylic acids is 1. The van der Waals surface area contributed by atoms with E-state index in [1.54, 1.807) is 13.2 Å². The van der Waals surface area contributed by atoms with E-state index in [4.69, 9.17) is 9.84 Å². The smallest absolute Gasteiger partial charge is 0.328 e. The van der Waals surface area contributed by atoms with E-state index >= 15 is 0 Å². The molecule has 0 amide bonds. The first-order valence-corrected chi connectivity index (χ1v) is 11.7. The van der Waals surface area contributed by atoms with Gasteiger partial charge in [-0.3, -0.25) is 0 Å². The first-order valence-electron chi connectivity index (χ1n) is 10.9. The molecule has 0 spiro atoms. The summed E-state index contributed by atoms with van der Waals surface area (Å²) < 4.78 is 5.49. The van der Waals surface area contributed by atoms with Crippen LogP contribution in [0.25, 0.3) is 6.08 Å². The van der Waals surface area contributed by atoms with Crippen LogP contribution in [-0.4, -0.2) is 24.7 Å². The number of rotatable bonds is 6. The molecule has 0 aliphatic carbocycles. The molecular formula is C27H29NO3S. The second-order valence-electron chi connectivity index (χ2n) is 8.62. The number of carboxylic acids is 1. The lowest BCUT2D eigenvalue weighted by Crippen LogP contribution is -2.49. The number of thiophene rings is 1. The van der Waals surface area contributed by atoms with Gasteiger partial charge >= 0.3 is 5.97 Å². The zero-order valence-corrected chi connectivity index (χ0v) is 19.8. The fraction of sp³-hybridized carbons (Fsp3) is 0.296. The van der Waals surface area contributed by atoms with Crippen LogP contribution in [0.1, 0.15) is 53.8 Å². The molecule has 2 aromatic carbocycles. The van der Waals surface area contributed by atoms with Crippen LogP contribution in [0.5, 0.6) is 5.75 Å². The molecular weight excluding hydrogens is 418 g/mol. The van der Waals surface area contributed by atoms with Crippen molar-refractivity contribution in [3.8, 4) is 5.75 Å². The van der Waals surface area contributed by atoms with Gasteiger partial charge in [0, 0.05) is 17.5 Å². The van der Waals surface area contributed by atoms with Crippen LogP contribution >= 0.6 is 11.3 Å². The number of nitrogens with zero attached hydrogens (tertiary/aromatic N) is 1. The lowest BCUT2D eigenvalue weighted by Gasteiger charge is -2.47. The predicted molar refractivity (Wildman–Crippen MR) is 132 cm³/mol. The number of fused-ring (bicyclic) bond motifs is 1. The Bertz CT molecular complexity index is 1150. The van der Waals surface area contributed by atoms with Gasteiger partial charge in [0.2, 0.25) is 0 Å². The first kappa shape index (κ1) is 22.2. The number of methoxy groups -OCH3 is 1. The molecule has 4 nitrogen and oxygen atoms in total. The summed E-state index contributed by atoms with van der Waals surface area (Å²) in [7, 11) is 1.71. The molecule has 1 unspecified atom stereocenters. The van der Waals surface area contributed by atoms with Crippen molar-refractivity contribution in [1.82, 2.24) is 0 Å². The standard InChI is InChI=1S/C27H29NO3S/c1-18(2)24-12-13-25(32-24)28-16-15-20-17-22(31-4)10-11-23(20)27(28,3)21-8-5-19(6-9-21)7-14-26(29)30/h5-14,17-18H,15-16H2,1-4H3,(H,29,30)/b14-7+. The number of hydrogen-bond donors (Lipinski definition) is 1. The number of hydrogen-bond acceptors (Lipinski definition) is 4. The van der Waals surface area contributed by atoms with Crippen LogP contribution in [0.15, 0.2) is 60.7 Å². The Balaban J connectivity index is 1.83. The SMILES string of the molecule is COc1ccc2c(c1)CCN(c1ccc(C(C)C)s1)C2(C)c1ccc(/C=C/C(=O)O)cc1. The molecule has 32 heavy (non-hydrogen) atoms. The largest absolute Gasteiger partial charge is 0.497 e. The Morgan fingerprint density at radius 2 is 1.91 bits per heavy atom. The molecule has 4 rings (SSSR count). The third-order valence-corrected chi connectivity index (χ3v) is 7.73.